The summed E-state index contributed by atoms with van der Waals surface area (Å²) in [4.78, 5) is 18.6. The molecule has 4 rings (SSSR count). The van der Waals surface area contributed by atoms with Gasteiger partial charge in [-0.15, -0.1) is 0 Å². The third-order valence-electron chi connectivity index (χ3n) is 5.00. The van der Waals surface area contributed by atoms with Crippen LogP contribution in [0.1, 0.15) is 21.5 Å². The molecule has 0 saturated heterocycles. The van der Waals surface area contributed by atoms with Crippen molar-refractivity contribution in [2.24, 2.45) is 0 Å². The van der Waals surface area contributed by atoms with Crippen LogP contribution in [0.4, 0.5) is 11.4 Å². The van der Waals surface area contributed by atoms with Crippen molar-refractivity contribution in [2.75, 3.05) is 23.3 Å². The number of nitrogens with one attached hydrogen (secondary N) is 1. The summed E-state index contributed by atoms with van der Waals surface area (Å²) < 4.78 is 33.8. The van der Waals surface area contributed by atoms with Gasteiger partial charge >= 0.3 is 0 Å². The molecule has 0 saturated carbocycles. The molecule has 1 N–H and O–H groups in total. The molecule has 154 valence electrons. The lowest BCUT2D eigenvalue weighted by atomic mass is 10.1. The molecule has 0 radical (unpaired) electrons. The number of nitrogens with zero attached hydrogens (tertiary/aromatic N) is 2. The van der Waals surface area contributed by atoms with Crippen LogP contribution >= 0.6 is 0 Å². The number of methoxy groups -OCH3 is 1. The maximum absolute atomic E-state index is 13.0. The third kappa shape index (κ3) is 3.73. The monoisotopic (exact) mass is 423 g/mol. The lowest BCUT2D eigenvalue weighted by Crippen LogP contribution is -2.29. The van der Waals surface area contributed by atoms with Crippen LogP contribution in [0.15, 0.2) is 65.8 Å². The molecule has 1 aliphatic rings. The molecule has 0 spiro atoms. The Kier molecular flexibility index (Phi) is 5.17. The van der Waals surface area contributed by atoms with Gasteiger partial charge in [0, 0.05) is 24.6 Å². The Bertz CT molecular complexity index is 1210. The van der Waals surface area contributed by atoms with Crippen molar-refractivity contribution in [3.8, 4) is 5.75 Å². The van der Waals surface area contributed by atoms with E-state index in [4.69, 9.17) is 4.74 Å². The second-order valence-corrected chi connectivity index (χ2v) is 8.70. The maximum atomic E-state index is 13.0. The van der Waals surface area contributed by atoms with Crippen molar-refractivity contribution in [2.45, 2.75) is 18.2 Å². The number of aromatic nitrogens is 1. The van der Waals surface area contributed by atoms with Crippen molar-refractivity contribution in [3.05, 3.63) is 77.6 Å². The van der Waals surface area contributed by atoms with E-state index in [1.54, 1.807) is 53.6 Å². The topological polar surface area (TPSA) is 88.6 Å². The number of hydrogen-bond acceptors (Lipinski definition) is 5. The van der Waals surface area contributed by atoms with Crippen LogP contribution in [0.25, 0.3) is 0 Å². The Morgan fingerprint density at radius 2 is 2.00 bits per heavy atom. The lowest BCUT2D eigenvalue weighted by molar-refractivity contribution is 0.0989. The quantitative estimate of drug-likeness (QED) is 0.679. The number of sulfonamides is 1. The molecule has 7 nitrogen and oxygen atoms in total. The van der Waals surface area contributed by atoms with E-state index in [-0.39, 0.29) is 16.6 Å². The van der Waals surface area contributed by atoms with Gasteiger partial charge in [0.2, 0.25) is 0 Å². The highest BCUT2D eigenvalue weighted by Gasteiger charge is 2.27. The Morgan fingerprint density at radius 3 is 2.73 bits per heavy atom. The van der Waals surface area contributed by atoms with Crippen LogP contribution in [0.2, 0.25) is 0 Å². The molecule has 0 aliphatic carbocycles. The molecule has 30 heavy (non-hydrogen) atoms. The minimum Gasteiger partial charge on any atom is -0.495 e. The van der Waals surface area contributed by atoms with Gasteiger partial charge in [-0.25, -0.2) is 8.42 Å². The Balaban J connectivity index is 1.65. The van der Waals surface area contributed by atoms with Crippen molar-refractivity contribution < 1.29 is 17.9 Å². The summed E-state index contributed by atoms with van der Waals surface area (Å²) in [5.41, 5.74) is 3.35. The van der Waals surface area contributed by atoms with E-state index in [9.17, 15) is 13.2 Å². The van der Waals surface area contributed by atoms with Gasteiger partial charge in [-0.05, 0) is 60.9 Å². The van der Waals surface area contributed by atoms with E-state index in [0.717, 1.165) is 11.1 Å². The van der Waals surface area contributed by atoms with E-state index in [2.05, 4.69) is 9.71 Å². The summed E-state index contributed by atoms with van der Waals surface area (Å²) in [5, 5.41) is 0. The average Bonchev–Trinajstić information content (AvgIpc) is 3.16. The lowest BCUT2D eigenvalue weighted by Gasteiger charge is -2.18. The number of fused-ring (bicyclic) bond motifs is 1. The molecule has 1 aliphatic heterocycles. The zero-order chi connectivity index (χ0) is 21.3. The maximum Gasteiger partial charge on any atom is 0.265 e. The van der Waals surface area contributed by atoms with Crippen LogP contribution < -0.4 is 14.4 Å². The highest BCUT2D eigenvalue weighted by Crippen LogP contribution is 2.33. The molecule has 3 aromatic rings. The van der Waals surface area contributed by atoms with Crippen LogP contribution in [0.3, 0.4) is 0 Å². The minimum atomic E-state index is -3.87. The van der Waals surface area contributed by atoms with Gasteiger partial charge in [-0.3, -0.25) is 14.5 Å². The first-order valence-corrected chi connectivity index (χ1v) is 10.9. The predicted octanol–water partition coefficient (Wildman–Crippen LogP) is 3.40. The zero-order valence-electron chi connectivity index (χ0n) is 16.6. The van der Waals surface area contributed by atoms with Gasteiger partial charge in [0.25, 0.3) is 15.9 Å². The highest BCUT2D eigenvalue weighted by molar-refractivity contribution is 7.92. The molecular formula is C22H21N3O4S. The van der Waals surface area contributed by atoms with Gasteiger partial charge in [0.1, 0.15) is 10.6 Å². The van der Waals surface area contributed by atoms with Crippen molar-refractivity contribution in [1.82, 2.24) is 4.98 Å². The molecule has 0 atom stereocenters. The number of aryl methyl sites for hydroxylation is 1. The predicted molar refractivity (Wildman–Crippen MR) is 115 cm³/mol. The molecule has 0 fully saturated rings. The second kappa shape index (κ2) is 7.79. The molecule has 1 aromatic heterocycles. The minimum absolute atomic E-state index is 0.0637. The number of hydrogen-bond donors (Lipinski definition) is 1. The number of carbonyl (C=O) groups is 1. The number of anilines is 2. The average molecular weight is 423 g/mol. The van der Waals surface area contributed by atoms with E-state index in [0.29, 0.717) is 29.9 Å². The van der Waals surface area contributed by atoms with Crippen molar-refractivity contribution >= 4 is 27.3 Å². The first kappa shape index (κ1) is 19.9. The number of amides is 1. The SMILES string of the molecule is COc1ccc(C)cc1S(=O)(=O)Nc1ccc2c(c1)N(C(=O)c1cccnc1)CC2. The van der Waals surface area contributed by atoms with Gasteiger partial charge in [-0.1, -0.05) is 12.1 Å². The zero-order valence-corrected chi connectivity index (χ0v) is 17.4. The summed E-state index contributed by atoms with van der Waals surface area (Å²) in [6, 6.07) is 13.6. The number of rotatable bonds is 5. The fourth-order valence-electron chi connectivity index (χ4n) is 3.50. The summed E-state index contributed by atoms with van der Waals surface area (Å²) in [6.07, 6.45) is 3.85. The number of ether oxygens (including phenoxy) is 1. The van der Waals surface area contributed by atoms with Crippen molar-refractivity contribution in [3.63, 3.8) is 0 Å². The second-order valence-electron chi connectivity index (χ2n) is 7.05. The number of pyridine rings is 1. The molecular weight excluding hydrogens is 402 g/mol. The van der Waals surface area contributed by atoms with Crippen LogP contribution in [-0.4, -0.2) is 33.0 Å². The Hall–Kier alpha value is -3.39. The normalized spacial score (nSPS) is 13.1. The van der Waals surface area contributed by atoms with Crippen LogP contribution in [0, 0.1) is 6.92 Å². The van der Waals surface area contributed by atoms with E-state index in [1.807, 2.05) is 13.0 Å². The molecule has 2 heterocycles. The summed E-state index contributed by atoms with van der Waals surface area (Å²) >= 11 is 0. The summed E-state index contributed by atoms with van der Waals surface area (Å²) in [7, 11) is -2.44. The first-order valence-electron chi connectivity index (χ1n) is 9.41. The first-order chi connectivity index (χ1) is 14.4. The number of carbonyl (C=O) groups excluding carboxylic acids is 1. The number of benzene rings is 2. The summed E-state index contributed by atoms with van der Waals surface area (Å²) in [5.74, 6) is 0.102. The molecule has 8 heteroatoms. The van der Waals surface area contributed by atoms with Crippen LogP contribution in [0.5, 0.6) is 5.75 Å². The smallest absolute Gasteiger partial charge is 0.265 e. The van der Waals surface area contributed by atoms with Gasteiger partial charge < -0.3 is 9.64 Å². The fraction of sp³-hybridized carbons (Fsp3) is 0.182. The van der Waals surface area contributed by atoms with Crippen LogP contribution in [-0.2, 0) is 16.4 Å². The molecule has 0 bridgehead atoms. The van der Waals surface area contributed by atoms with E-state index < -0.39 is 10.0 Å². The molecule has 2 aromatic carbocycles. The van der Waals surface area contributed by atoms with Crippen molar-refractivity contribution in [1.29, 1.82) is 0 Å². The van der Waals surface area contributed by atoms with Gasteiger partial charge in [0.15, 0.2) is 0 Å². The van der Waals surface area contributed by atoms with Gasteiger partial charge in [0.05, 0.1) is 18.4 Å². The highest BCUT2D eigenvalue weighted by atomic mass is 32.2. The third-order valence-corrected chi connectivity index (χ3v) is 6.40. The molecule has 1 amide bonds. The fourth-order valence-corrected chi connectivity index (χ4v) is 4.81. The molecule has 0 unspecified atom stereocenters. The van der Waals surface area contributed by atoms with Gasteiger partial charge in [-0.2, -0.15) is 0 Å². The van der Waals surface area contributed by atoms with E-state index in [1.165, 1.54) is 13.3 Å². The summed E-state index contributed by atoms with van der Waals surface area (Å²) in [6.45, 7) is 2.35. The largest absolute Gasteiger partial charge is 0.495 e. The van der Waals surface area contributed by atoms with E-state index >= 15 is 0 Å². The standard InChI is InChI=1S/C22H21N3O4S/c1-15-5-8-20(29-2)21(12-15)30(27,28)24-18-7-6-16-9-11-25(19(16)13-18)22(26)17-4-3-10-23-14-17/h3-8,10,12-14,24H,9,11H2,1-2H3. The Labute approximate surface area is 175 Å². The Morgan fingerprint density at radius 1 is 1.17 bits per heavy atom.